The highest BCUT2D eigenvalue weighted by Crippen LogP contribution is 2.39. The number of carboxylic acid groups (broad SMARTS) is 1. The molecule has 1 aliphatic rings. The summed E-state index contributed by atoms with van der Waals surface area (Å²) >= 11 is 0. The van der Waals surface area contributed by atoms with Crippen molar-refractivity contribution < 1.29 is 29.3 Å². The van der Waals surface area contributed by atoms with Gasteiger partial charge in [-0.2, -0.15) is 0 Å². The Hall–Kier alpha value is -3.56. The van der Waals surface area contributed by atoms with E-state index in [1.807, 2.05) is 36.4 Å². The number of amides is 1. The number of carbonyl (C=O) groups is 2. The number of aliphatic hydroxyl groups is 1. The van der Waals surface area contributed by atoms with Crippen LogP contribution in [0.1, 0.15) is 145 Å². The third-order valence-electron chi connectivity index (χ3n) is 10.3. The van der Waals surface area contributed by atoms with Gasteiger partial charge in [-0.3, -0.25) is 9.59 Å². The van der Waals surface area contributed by atoms with Crippen LogP contribution in [0.3, 0.4) is 0 Å². The molecule has 0 radical (unpaired) electrons. The van der Waals surface area contributed by atoms with Gasteiger partial charge in [0.05, 0.1) is 25.2 Å². The molecule has 1 aliphatic heterocycles. The number of carbonyl (C=O) groups excluding carboxylic acids is 1. The number of nitrogens with zero attached hydrogens (tertiary/aromatic N) is 1. The first kappa shape index (κ1) is 42.2. The number of nitrogens with one attached hydrogen (secondary N) is 1. The van der Waals surface area contributed by atoms with Crippen molar-refractivity contribution >= 4 is 11.9 Å². The first-order chi connectivity index (χ1) is 25.9. The van der Waals surface area contributed by atoms with Crippen LogP contribution in [-0.4, -0.2) is 52.7 Å². The van der Waals surface area contributed by atoms with Crippen LogP contribution >= 0.6 is 0 Å². The van der Waals surface area contributed by atoms with Gasteiger partial charge in [-0.15, -0.1) is 0 Å². The first-order valence-corrected chi connectivity index (χ1v) is 20.3. The summed E-state index contributed by atoms with van der Waals surface area (Å²) in [6, 6.07) is 24.3. The number of unbranched alkanes of at least 4 members (excludes halogenated alkanes) is 10. The van der Waals surface area contributed by atoms with Gasteiger partial charge >= 0.3 is 5.97 Å². The first-order valence-electron chi connectivity index (χ1n) is 20.3. The summed E-state index contributed by atoms with van der Waals surface area (Å²) in [6.07, 6.45) is 15.3. The smallest absolute Gasteiger partial charge is 0.303 e. The Labute approximate surface area is 318 Å². The van der Waals surface area contributed by atoms with E-state index in [0.29, 0.717) is 6.54 Å². The quantitative estimate of drug-likeness (QED) is 0.0746. The Balaban J connectivity index is 1.48. The normalized spacial score (nSPS) is 17.2. The van der Waals surface area contributed by atoms with Crippen LogP contribution in [0.15, 0.2) is 72.8 Å². The maximum Gasteiger partial charge on any atom is 0.303 e. The van der Waals surface area contributed by atoms with Crippen molar-refractivity contribution in [2.45, 2.75) is 142 Å². The van der Waals surface area contributed by atoms with Gasteiger partial charge in [-0.25, -0.2) is 0 Å². The van der Waals surface area contributed by atoms with Gasteiger partial charge in [-0.1, -0.05) is 151 Å². The van der Waals surface area contributed by atoms with Crippen molar-refractivity contribution in [3.05, 3.63) is 95.1 Å². The van der Waals surface area contributed by atoms with Crippen LogP contribution in [-0.2, 0) is 32.2 Å². The minimum absolute atomic E-state index is 0.00147. The summed E-state index contributed by atoms with van der Waals surface area (Å²) in [6.45, 7) is 7.93. The van der Waals surface area contributed by atoms with Crippen molar-refractivity contribution in [1.82, 2.24) is 10.2 Å². The van der Waals surface area contributed by atoms with Gasteiger partial charge in [0.25, 0.3) is 0 Å². The van der Waals surface area contributed by atoms with E-state index >= 15 is 0 Å². The standard InChI is InChI=1S/C45H64N2O6/c1-3-5-7-9-11-15-29-47(30-16-12-10-8-6-4-2)33-40-31-42(37-21-19-35(34-48)20-22-37)53-45(52-40)38-25-23-36(24-26-38)41-18-14-13-17-39(41)32-46-43(49)27-28-44(50)51/h13-14,17-26,40,42,45,48H,3-12,15-16,27-34H2,1-2H3,(H,46,49)(H,50,51)/t40-,42+,45+/m1/s1. The number of carboxylic acids is 1. The highest BCUT2D eigenvalue weighted by molar-refractivity contribution is 5.80. The molecule has 1 amide bonds. The fraction of sp³-hybridized carbons (Fsp3) is 0.556. The SMILES string of the molecule is CCCCCCCCN(CCCCCCCC)C[C@H]1C[C@@H](c2ccc(CO)cc2)O[C@@H](c2ccc(-c3ccccc3CNC(=O)CCC(=O)O)cc2)O1. The lowest BCUT2D eigenvalue weighted by Crippen LogP contribution is -2.40. The second-order valence-electron chi connectivity index (χ2n) is 14.6. The number of hydrogen-bond donors (Lipinski definition) is 3. The van der Waals surface area contributed by atoms with Crippen LogP contribution in [0.25, 0.3) is 11.1 Å². The molecule has 3 aromatic rings. The van der Waals surface area contributed by atoms with Crippen molar-refractivity contribution in [1.29, 1.82) is 0 Å². The zero-order chi connectivity index (χ0) is 37.7. The predicted molar refractivity (Wildman–Crippen MR) is 212 cm³/mol. The summed E-state index contributed by atoms with van der Waals surface area (Å²) < 4.78 is 13.5. The van der Waals surface area contributed by atoms with Crippen LogP contribution in [0.5, 0.6) is 0 Å². The largest absolute Gasteiger partial charge is 0.481 e. The van der Waals surface area contributed by atoms with Gasteiger partial charge in [0.1, 0.15) is 0 Å². The zero-order valence-corrected chi connectivity index (χ0v) is 32.3. The highest BCUT2D eigenvalue weighted by Gasteiger charge is 2.33. The number of benzene rings is 3. The molecule has 1 fully saturated rings. The highest BCUT2D eigenvalue weighted by atomic mass is 16.7. The van der Waals surface area contributed by atoms with E-state index in [1.165, 1.54) is 77.0 Å². The Kier molecular flexibility index (Phi) is 19.1. The van der Waals surface area contributed by atoms with E-state index in [1.54, 1.807) is 0 Å². The molecule has 290 valence electrons. The summed E-state index contributed by atoms with van der Waals surface area (Å²) in [5.74, 6) is -1.26. The maximum atomic E-state index is 12.2. The molecule has 0 aromatic heterocycles. The summed E-state index contributed by atoms with van der Waals surface area (Å²) in [4.78, 5) is 25.7. The molecule has 0 bridgehead atoms. The molecule has 8 heteroatoms. The third kappa shape index (κ3) is 15.0. The molecule has 1 heterocycles. The lowest BCUT2D eigenvalue weighted by molar-refractivity contribution is -0.253. The number of aliphatic hydroxyl groups excluding tert-OH is 1. The van der Waals surface area contributed by atoms with E-state index in [0.717, 1.165) is 59.4 Å². The minimum atomic E-state index is -0.984. The Morgan fingerprint density at radius 2 is 1.34 bits per heavy atom. The number of rotatable bonds is 25. The van der Waals surface area contributed by atoms with E-state index in [2.05, 4.69) is 60.5 Å². The van der Waals surface area contributed by atoms with Gasteiger partial charge in [0.15, 0.2) is 6.29 Å². The molecule has 3 atom stereocenters. The van der Waals surface area contributed by atoms with Gasteiger partial charge in [0, 0.05) is 31.5 Å². The zero-order valence-electron chi connectivity index (χ0n) is 32.3. The Bertz CT molecular complexity index is 1460. The maximum absolute atomic E-state index is 12.2. The van der Waals surface area contributed by atoms with E-state index < -0.39 is 12.3 Å². The number of hydrogen-bond acceptors (Lipinski definition) is 6. The van der Waals surface area contributed by atoms with E-state index in [-0.39, 0.29) is 37.6 Å². The van der Waals surface area contributed by atoms with Crippen molar-refractivity contribution in [3.8, 4) is 11.1 Å². The molecular weight excluding hydrogens is 665 g/mol. The fourth-order valence-corrected chi connectivity index (χ4v) is 7.13. The second-order valence-corrected chi connectivity index (χ2v) is 14.6. The molecule has 0 saturated carbocycles. The minimum Gasteiger partial charge on any atom is -0.481 e. The molecular formula is C45H64N2O6. The van der Waals surface area contributed by atoms with Crippen LogP contribution < -0.4 is 5.32 Å². The van der Waals surface area contributed by atoms with Crippen molar-refractivity contribution in [2.75, 3.05) is 19.6 Å². The molecule has 53 heavy (non-hydrogen) atoms. The fourth-order valence-electron chi connectivity index (χ4n) is 7.13. The summed E-state index contributed by atoms with van der Waals surface area (Å²) in [7, 11) is 0. The van der Waals surface area contributed by atoms with Gasteiger partial charge < -0.3 is 29.9 Å². The van der Waals surface area contributed by atoms with Crippen LogP contribution in [0.2, 0.25) is 0 Å². The Morgan fingerprint density at radius 1 is 0.736 bits per heavy atom. The number of aliphatic carboxylic acids is 1. The summed E-state index contributed by atoms with van der Waals surface area (Å²) in [5.41, 5.74) is 5.90. The topological polar surface area (TPSA) is 108 Å². The predicted octanol–water partition coefficient (Wildman–Crippen LogP) is 9.90. The molecule has 8 nitrogen and oxygen atoms in total. The number of ether oxygens (including phenoxy) is 2. The molecule has 0 unspecified atom stereocenters. The summed E-state index contributed by atoms with van der Waals surface area (Å²) in [5, 5.41) is 21.4. The lowest BCUT2D eigenvalue weighted by atomic mass is 9.97. The van der Waals surface area contributed by atoms with Crippen molar-refractivity contribution in [3.63, 3.8) is 0 Å². The van der Waals surface area contributed by atoms with Crippen LogP contribution in [0, 0.1) is 0 Å². The average molecular weight is 729 g/mol. The molecule has 0 aliphatic carbocycles. The van der Waals surface area contributed by atoms with E-state index in [9.17, 15) is 14.7 Å². The molecule has 1 saturated heterocycles. The Morgan fingerprint density at radius 3 is 1.96 bits per heavy atom. The van der Waals surface area contributed by atoms with E-state index in [4.69, 9.17) is 14.6 Å². The van der Waals surface area contributed by atoms with Gasteiger partial charge in [-0.05, 0) is 53.7 Å². The molecule has 4 rings (SSSR count). The van der Waals surface area contributed by atoms with Crippen LogP contribution in [0.4, 0.5) is 0 Å². The second kappa shape index (κ2) is 24.0. The molecule has 3 aromatic carbocycles. The average Bonchev–Trinajstić information content (AvgIpc) is 3.18. The van der Waals surface area contributed by atoms with Crippen molar-refractivity contribution in [2.24, 2.45) is 0 Å². The molecule has 3 N–H and O–H groups in total. The monoisotopic (exact) mass is 728 g/mol. The lowest BCUT2D eigenvalue weighted by Gasteiger charge is -2.38. The van der Waals surface area contributed by atoms with Gasteiger partial charge in [0.2, 0.25) is 5.91 Å². The molecule has 0 spiro atoms. The third-order valence-corrected chi connectivity index (χ3v) is 10.3.